The first-order chi connectivity index (χ1) is 13.6. The van der Waals surface area contributed by atoms with Gasteiger partial charge in [-0.3, -0.25) is 9.59 Å². The summed E-state index contributed by atoms with van der Waals surface area (Å²) in [5, 5.41) is 5.37. The van der Waals surface area contributed by atoms with Gasteiger partial charge >= 0.3 is 5.97 Å². The van der Waals surface area contributed by atoms with Crippen molar-refractivity contribution in [3.63, 3.8) is 0 Å². The number of amides is 1. The third kappa shape index (κ3) is 3.71. The maximum Gasteiger partial charge on any atom is 0.310 e. The van der Waals surface area contributed by atoms with Crippen LogP contribution in [-0.2, 0) is 20.7 Å². The summed E-state index contributed by atoms with van der Waals surface area (Å²) in [7, 11) is 0. The first-order valence-corrected chi connectivity index (χ1v) is 8.69. The molecule has 0 saturated heterocycles. The summed E-state index contributed by atoms with van der Waals surface area (Å²) in [5.41, 5.74) is 1.68. The minimum Gasteiger partial charge on any atom is -0.464 e. The molecule has 5 nitrogen and oxygen atoms in total. The Bertz CT molecular complexity index is 1180. The molecule has 0 atom stereocenters. The van der Waals surface area contributed by atoms with Crippen molar-refractivity contribution in [2.24, 2.45) is 0 Å². The number of anilines is 1. The number of esters is 1. The molecule has 0 aliphatic carbocycles. The number of rotatable bonds is 5. The van der Waals surface area contributed by atoms with Crippen molar-refractivity contribution in [1.82, 2.24) is 0 Å². The molecule has 0 bridgehead atoms. The van der Waals surface area contributed by atoms with Gasteiger partial charge in [0.05, 0.1) is 12.7 Å². The van der Waals surface area contributed by atoms with Crippen LogP contribution in [0, 0.1) is 5.82 Å². The Hall–Kier alpha value is -3.67. The molecule has 4 aromatic rings. The highest BCUT2D eigenvalue weighted by atomic mass is 19.1. The fourth-order valence-corrected chi connectivity index (χ4v) is 3.12. The van der Waals surface area contributed by atoms with Gasteiger partial charge in [-0.05, 0) is 35.0 Å². The van der Waals surface area contributed by atoms with Crippen LogP contribution in [0.15, 0.2) is 71.3 Å². The number of hydrogen-bond acceptors (Lipinski definition) is 4. The van der Waals surface area contributed by atoms with Gasteiger partial charge in [-0.2, -0.15) is 0 Å². The molecule has 0 spiro atoms. The Morgan fingerprint density at radius 3 is 2.75 bits per heavy atom. The summed E-state index contributed by atoms with van der Waals surface area (Å²) in [6, 6.07) is 17.1. The minimum absolute atomic E-state index is 0.0196. The summed E-state index contributed by atoms with van der Waals surface area (Å²) < 4.78 is 23.7. The van der Waals surface area contributed by atoms with Crippen LogP contribution in [0.4, 0.5) is 10.1 Å². The molecule has 1 N–H and O–H groups in total. The van der Waals surface area contributed by atoms with Gasteiger partial charge in [0.2, 0.25) is 0 Å². The Kier molecular flexibility index (Phi) is 4.76. The Balaban J connectivity index is 1.43. The number of halogens is 1. The minimum atomic E-state index is -0.551. The topological polar surface area (TPSA) is 68.5 Å². The maximum absolute atomic E-state index is 13.1. The smallest absolute Gasteiger partial charge is 0.310 e. The molecule has 0 aliphatic heterocycles. The van der Waals surface area contributed by atoms with Gasteiger partial charge in [-0.15, -0.1) is 0 Å². The molecule has 140 valence electrons. The van der Waals surface area contributed by atoms with E-state index in [4.69, 9.17) is 9.15 Å². The molecular formula is C22H16FNO4. The second kappa shape index (κ2) is 7.52. The molecule has 1 aromatic heterocycles. The molecule has 4 rings (SSSR count). The van der Waals surface area contributed by atoms with Gasteiger partial charge in [0, 0.05) is 16.6 Å². The van der Waals surface area contributed by atoms with E-state index in [1.807, 2.05) is 36.4 Å². The van der Waals surface area contributed by atoms with Crippen LogP contribution in [0.25, 0.3) is 21.7 Å². The molecule has 0 unspecified atom stereocenters. The molecule has 1 amide bonds. The lowest BCUT2D eigenvalue weighted by Gasteiger charge is -2.07. The average Bonchev–Trinajstić information content (AvgIpc) is 3.10. The van der Waals surface area contributed by atoms with Crippen LogP contribution in [0.5, 0.6) is 0 Å². The normalized spacial score (nSPS) is 10.9. The zero-order chi connectivity index (χ0) is 19.5. The number of hydrogen-bond donors (Lipinski definition) is 1. The number of fused-ring (bicyclic) bond motifs is 3. The molecular weight excluding hydrogens is 361 g/mol. The molecule has 1 heterocycles. The number of nitrogens with one attached hydrogen (secondary N) is 1. The van der Waals surface area contributed by atoms with Crippen LogP contribution < -0.4 is 5.32 Å². The first-order valence-electron chi connectivity index (χ1n) is 8.69. The lowest BCUT2D eigenvalue weighted by Crippen LogP contribution is -2.21. The van der Waals surface area contributed by atoms with E-state index in [0.29, 0.717) is 16.8 Å². The highest BCUT2D eigenvalue weighted by molar-refractivity contribution is 6.08. The molecule has 0 aliphatic rings. The van der Waals surface area contributed by atoms with Crippen molar-refractivity contribution in [1.29, 1.82) is 0 Å². The first kappa shape index (κ1) is 17.7. The summed E-state index contributed by atoms with van der Waals surface area (Å²) in [6.45, 7) is -0.453. The Labute approximate surface area is 159 Å². The second-order valence-corrected chi connectivity index (χ2v) is 6.32. The summed E-state index contributed by atoms with van der Waals surface area (Å²) >= 11 is 0. The predicted molar refractivity (Wildman–Crippen MR) is 103 cm³/mol. The van der Waals surface area contributed by atoms with Crippen LogP contribution in [0.2, 0.25) is 0 Å². The van der Waals surface area contributed by atoms with E-state index in [9.17, 15) is 14.0 Å². The quantitative estimate of drug-likeness (QED) is 0.522. The predicted octanol–water partition coefficient (Wildman–Crippen LogP) is 4.45. The van der Waals surface area contributed by atoms with Gasteiger partial charge in [0.1, 0.15) is 11.4 Å². The van der Waals surface area contributed by atoms with Crippen LogP contribution >= 0.6 is 0 Å². The van der Waals surface area contributed by atoms with E-state index in [2.05, 4.69) is 5.32 Å². The lowest BCUT2D eigenvalue weighted by atomic mass is 10.0. The summed E-state index contributed by atoms with van der Waals surface area (Å²) in [6.07, 6.45) is 1.51. The fraction of sp³-hybridized carbons (Fsp3) is 0.0909. The van der Waals surface area contributed by atoms with E-state index >= 15 is 0 Å². The Morgan fingerprint density at radius 1 is 1.04 bits per heavy atom. The zero-order valence-corrected chi connectivity index (χ0v) is 14.8. The highest BCUT2D eigenvalue weighted by Gasteiger charge is 2.15. The highest BCUT2D eigenvalue weighted by Crippen LogP contribution is 2.30. The third-order valence-corrected chi connectivity index (χ3v) is 4.35. The second-order valence-electron chi connectivity index (χ2n) is 6.32. The number of furan rings is 1. The summed E-state index contributed by atoms with van der Waals surface area (Å²) in [5.74, 6) is -1.56. The van der Waals surface area contributed by atoms with E-state index < -0.39 is 24.3 Å². The molecule has 0 saturated carbocycles. The number of benzene rings is 3. The van der Waals surface area contributed by atoms with Crippen molar-refractivity contribution < 1.29 is 23.1 Å². The fourth-order valence-electron chi connectivity index (χ4n) is 3.12. The maximum atomic E-state index is 13.1. The standard InChI is InChI=1S/C22H16FNO4/c23-16-5-3-6-17(11-16)24-20(25)13-28-21(26)10-15-12-27-19-9-8-14-4-1-2-7-18(14)22(15)19/h1-9,11-12H,10,13H2,(H,24,25). The lowest BCUT2D eigenvalue weighted by molar-refractivity contribution is -0.146. The van der Waals surface area contributed by atoms with Crippen molar-refractivity contribution >= 4 is 39.3 Å². The molecule has 6 heteroatoms. The Morgan fingerprint density at radius 2 is 1.89 bits per heavy atom. The van der Waals surface area contributed by atoms with Crippen molar-refractivity contribution in [3.05, 3.63) is 78.3 Å². The van der Waals surface area contributed by atoms with Crippen LogP contribution in [0.3, 0.4) is 0 Å². The van der Waals surface area contributed by atoms with Gasteiger partial charge in [-0.1, -0.05) is 36.4 Å². The number of carbonyl (C=O) groups is 2. The average molecular weight is 377 g/mol. The van der Waals surface area contributed by atoms with E-state index in [1.54, 1.807) is 6.07 Å². The van der Waals surface area contributed by atoms with Crippen molar-refractivity contribution in [2.45, 2.75) is 6.42 Å². The van der Waals surface area contributed by atoms with Gasteiger partial charge in [0.25, 0.3) is 5.91 Å². The van der Waals surface area contributed by atoms with Gasteiger partial charge in [-0.25, -0.2) is 4.39 Å². The molecule has 3 aromatic carbocycles. The largest absolute Gasteiger partial charge is 0.464 e. The van der Waals surface area contributed by atoms with Crippen LogP contribution in [-0.4, -0.2) is 18.5 Å². The van der Waals surface area contributed by atoms with Gasteiger partial charge in [0.15, 0.2) is 6.61 Å². The third-order valence-electron chi connectivity index (χ3n) is 4.35. The number of ether oxygens (including phenoxy) is 1. The van der Waals surface area contributed by atoms with Gasteiger partial charge < -0.3 is 14.5 Å². The van der Waals surface area contributed by atoms with E-state index in [1.165, 1.54) is 24.5 Å². The monoisotopic (exact) mass is 377 g/mol. The van der Waals surface area contributed by atoms with E-state index in [-0.39, 0.29) is 6.42 Å². The van der Waals surface area contributed by atoms with E-state index in [0.717, 1.165) is 16.2 Å². The van der Waals surface area contributed by atoms with Crippen LogP contribution in [0.1, 0.15) is 5.56 Å². The number of carbonyl (C=O) groups excluding carboxylic acids is 2. The summed E-state index contributed by atoms with van der Waals surface area (Å²) in [4.78, 5) is 24.1. The SMILES string of the molecule is O=C(COC(=O)Cc1coc2ccc3ccccc3c12)Nc1cccc(F)c1. The molecule has 0 radical (unpaired) electrons. The molecule has 28 heavy (non-hydrogen) atoms. The zero-order valence-electron chi connectivity index (χ0n) is 14.8. The van der Waals surface area contributed by atoms with Crippen molar-refractivity contribution in [2.75, 3.05) is 11.9 Å². The molecule has 0 fully saturated rings. The van der Waals surface area contributed by atoms with Crippen molar-refractivity contribution in [3.8, 4) is 0 Å².